The Balaban J connectivity index is 1.50. The van der Waals surface area contributed by atoms with Gasteiger partial charge in [-0.25, -0.2) is 4.79 Å². The molecule has 0 aliphatic heterocycles. The largest absolute Gasteiger partial charge is 0.459 e. The number of hydrogen-bond acceptors (Lipinski definition) is 6. The van der Waals surface area contributed by atoms with Crippen LogP contribution in [0.2, 0.25) is 5.02 Å². The van der Waals surface area contributed by atoms with Crippen LogP contribution >= 0.6 is 11.6 Å². The molecule has 3 aromatic rings. The van der Waals surface area contributed by atoms with Gasteiger partial charge in [-0.05, 0) is 49.7 Å². The number of hydrogen-bond donors (Lipinski definition) is 1. The Morgan fingerprint density at radius 1 is 1.18 bits per heavy atom. The van der Waals surface area contributed by atoms with E-state index < -0.39 is 18.5 Å². The molecule has 0 bridgehead atoms. The minimum absolute atomic E-state index is 0.177. The smallest absolute Gasteiger partial charge is 0.344 e. The monoisotopic (exact) mass is 402 g/mol. The zero-order valence-electron chi connectivity index (χ0n) is 15.5. The molecule has 0 atom stereocenters. The van der Waals surface area contributed by atoms with Gasteiger partial charge in [0.15, 0.2) is 6.61 Å². The molecule has 1 N–H and O–H groups in total. The number of furan rings is 1. The number of nitrogens with zero attached hydrogens (tertiary/aromatic N) is 1. The number of aromatic nitrogens is 1. The summed E-state index contributed by atoms with van der Waals surface area (Å²) in [7, 11) is 0. The first-order valence-corrected chi connectivity index (χ1v) is 9.09. The average Bonchev–Trinajstić information content (AvgIpc) is 3.31. The summed E-state index contributed by atoms with van der Waals surface area (Å²) < 4.78 is 15.7. The van der Waals surface area contributed by atoms with Gasteiger partial charge in [0.2, 0.25) is 0 Å². The van der Waals surface area contributed by atoms with Crippen molar-refractivity contribution in [3.8, 4) is 11.3 Å². The molecule has 1 amide bonds. The molecule has 0 saturated heterocycles. The van der Waals surface area contributed by atoms with Gasteiger partial charge in [-0.3, -0.25) is 4.79 Å². The van der Waals surface area contributed by atoms with Crippen molar-refractivity contribution in [2.45, 2.75) is 26.8 Å². The van der Waals surface area contributed by atoms with Gasteiger partial charge in [-0.15, -0.1) is 0 Å². The zero-order chi connectivity index (χ0) is 20.1. The second-order valence-corrected chi connectivity index (χ2v) is 6.48. The van der Waals surface area contributed by atoms with Gasteiger partial charge in [0.25, 0.3) is 5.91 Å². The highest BCUT2D eigenvalue weighted by molar-refractivity contribution is 6.30. The van der Waals surface area contributed by atoms with Crippen LogP contribution in [-0.2, 0) is 22.5 Å². The second kappa shape index (κ2) is 8.75. The molecular formula is C20H19ClN2O5. The maximum atomic E-state index is 12.1. The van der Waals surface area contributed by atoms with E-state index in [0.29, 0.717) is 34.4 Å². The molecule has 0 aliphatic rings. The fraction of sp³-hybridized carbons (Fsp3) is 0.250. The third kappa shape index (κ3) is 4.61. The summed E-state index contributed by atoms with van der Waals surface area (Å²) in [6.45, 7) is 3.24. The van der Waals surface area contributed by atoms with Crippen molar-refractivity contribution in [2.75, 3.05) is 6.61 Å². The van der Waals surface area contributed by atoms with E-state index in [9.17, 15) is 9.59 Å². The molecule has 7 nitrogen and oxygen atoms in total. The number of esters is 1. The molecule has 8 heteroatoms. The van der Waals surface area contributed by atoms with E-state index >= 15 is 0 Å². The van der Waals surface area contributed by atoms with Gasteiger partial charge < -0.3 is 19.0 Å². The van der Waals surface area contributed by atoms with Crippen LogP contribution in [0.15, 0.2) is 45.3 Å². The maximum Gasteiger partial charge on any atom is 0.344 e. The van der Waals surface area contributed by atoms with Crippen LogP contribution in [0, 0.1) is 6.92 Å². The van der Waals surface area contributed by atoms with E-state index in [1.165, 1.54) is 0 Å². The van der Waals surface area contributed by atoms with Crippen LogP contribution in [0.3, 0.4) is 0 Å². The number of aryl methyl sites for hydroxylation is 2. The van der Waals surface area contributed by atoms with Gasteiger partial charge >= 0.3 is 5.97 Å². The van der Waals surface area contributed by atoms with E-state index in [4.69, 9.17) is 25.3 Å². The molecule has 0 spiro atoms. The maximum absolute atomic E-state index is 12.1. The molecule has 2 heterocycles. The summed E-state index contributed by atoms with van der Waals surface area (Å²) in [5, 5.41) is 7.08. The van der Waals surface area contributed by atoms with E-state index in [-0.39, 0.29) is 12.1 Å². The van der Waals surface area contributed by atoms with Crippen molar-refractivity contribution in [2.24, 2.45) is 0 Å². The summed E-state index contributed by atoms with van der Waals surface area (Å²) in [6, 6.07) is 10.8. The van der Waals surface area contributed by atoms with Gasteiger partial charge in [0.1, 0.15) is 22.8 Å². The van der Waals surface area contributed by atoms with Crippen LogP contribution in [-0.4, -0.2) is 23.6 Å². The topological polar surface area (TPSA) is 94.6 Å². The van der Waals surface area contributed by atoms with Gasteiger partial charge in [-0.2, -0.15) is 0 Å². The molecule has 1 aromatic carbocycles. The number of halogens is 1. The lowest BCUT2D eigenvalue weighted by Gasteiger charge is -2.05. The number of nitrogens with one attached hydrogen (secondary N) is 1. The first-order chi connectivity index (χ1) is 13.5. The lowest BCUT2D eigenvalue weighted by atomic mass is 10.1. The summed E-state index contributed by atoms with van der Waals surface area (Å²) in [5.41, 5.74) is 1.66. The Morgan fingerprint density at radius 3 is 2.64 bits per heavy atom. The molecule has 146 valence electrons. The van der Waals surface area contributed by atoms with E-state index in [2.05, 4.69) is 10.5 Å². The Kier molecular flexibility index (Phi) is 6.16. The first kappa shape index (κ1) is 19.7. The Morgan fingerprint density at radius 2 is 1.93 bits per heavy atom. The fourth-order valence-electron chi connectivity index (χ4n) is 2.60. The predicted molar refractivity (Wildman–Crippen MR) is 102 cm³/mol. The Labute approximate surface area is 166 Å². The number of amides is 1. The predicted octanol–water partition coefficient (Wildman–Crippen LogP) is 3.93. The summed E-state index contributed by atoms with van der Waals surface area (Å²) in [5.74, 6) is 0.543. The quantitative estimate of drug-likeness (QED) is 0.601. The number of benzene rings is 1. The highest BCUT2D eigenvalue weighted by Crippen LogP contribution is 2.23. The molecule has 0 fully saturated rings. The van der Waals surface area contributed by atoms with Gasteiger partial charge in [-0.1, -0.05) is 23.7 Å². The van der Waals surface area contributed by atoms with E-state index in [0.717, 1.165) is 5.56 Å². The molecular weight excluding hydrogens is 384 g/mol. The first-order valence-electron chi connectivity index (χ1n) is 8.71. The summed E-state index contributed by atoms with van der Waals surface area (Å²) in [6.07, 6.45) is 0.530. The molecule has 0 unspecified atom stereocenters. The Hall–Kier alpha value is -3.06. The lowest BCUT2D eigenvalue weighted by Crippen LogP contribution is -2.28. The lowest BCUT2D eigenvalue weighted by molar-refractivity contribution is -0.124. The minimum atomic E-state index is -0.631. The fourth-order valence-corrected chi connectivity index (χ4v) is 2.73. The molecule has 0 aliphatic carbocycles. The molecule has 0 saturated carbocycles. The molecule has 28 heavy (non-hydrogen) atoms. The number of rotatable bonds is 7. The number of carbonyl (C=O) groups excluding carboxylic acids is 2. The summed E-state index contributed by atoms with van der Waals surface area (Å²) >= 11 is 5.88. The van der Waals surface area contributed by atoms with Crippen molar-refractivity contribution in [3.05, 3.63) is 64.2 Å². The van der Waals surface area contributed by atoms with Crippen LogP contribution < -0.4 is 5.32 Å². The molecule has 2 aromatic heterocycles. The van der Waals surface area contributed by atoms with Crippen molar-refractivity contribution in [3.63, 3.8) is 0 Å². The van der Waals surface area contributed by atoms with E-state index in [1.807, 2.05) is 25.1 Å². The second-order valence-electron chi connectivity index (χ2n) is 6.04. The van der Waals surface area contributed by atoms with Crippen LogP contribution in [0.25, 0.3) is 11.3 Å². The van der Waals surface area contributed by atoms with Crippen LogP contribution in [0.1, 0.15) is 34.5 Å². The zero-order valence-corrected chi connectivity index (χ0v) is 16.2. The van der Waals surface area contributed by atoms with Gasteiger partial charge in [0.05, 0.1) is 12.2 Å². The number of ether oxygens (including phenoxy) is 1. The molecule has 0 radical (unpaired) electrons. The highest BCUT2D eigenvalue weighted by atomic mass is 35.5. The summed E-state index contributed by atoms with van der Waals surface area (Å²) in [4.78, 5) is 24.1. The normalized spacial score (nSPS) is 10.7. The third-order valence-electron chi connectivity index (χ3n) is 4.06. The Bertz CT molecular complexity index is 975. The van der Waals surface area contributed by atoms with Crippen molar-refractivity contribution >= 4 is 23.5 Å². The van der Waals surface area contributed by atoms with Crippen molar-refractivity contribution in [1.29, 1.82) is 0 Å². The highest BCUT2D eigenvalue weighted by Gasteiger charge is 2.21. The molecule has 3 rings (SSSR count). The van der Waals surface area contributed by atoms with Crippen molar-refractivity contribution < 1.29 is 23.3 Å². The minimum Gasteiger partial charge on any atom is -0.459 e. The standard InChI is InChI=1S/C20H19ClN2O5/c1-3-16-19(12(2)28-23-16)20(25)26-11-18(24)22-10-15-8-9-17(27-15)13-4-6-14(21)7-5-13/h4-9H,3,10-11H2,1-2H3,(H,22,24). The van der Waals surface area contributed by atoms with Crippen LogP contribution in [0.4, 0.5) is 0 Å². The van der Waals surface area contributed by atoms with Crippen LogP contribution in [0.5, 0.6) is 0 Å². The van der Waals surface area contributed by atoms with Crippen molar-refractivity contribution in [1.82, 2.24) is 10.5 Å². The van der Waals surface area contributed by atoms with Gasteiger partial charge in [0, 0.05) is 10.6 Å². The van der Waals surface area contributed by atoms with E-state index in [1.54, 1.807) is 25.1 Å². The SMILES string of the molecule is CCc1noc(C)c1C(=O)OCC(=O)NCc1ccc(-c2ccc(Cl)cc2)o1. The number of carbonyl (C=O) groups is 2. The third-order valence-corrected chi connectivity index (χ3v) is 4.31. The average molecular weight is 403 g/mol.